The maximum absolute atomic E-state index is 3.09. The fraction of sp³-hybridized carbons (Fsp3) is 0.0667. The summed E-state index contributed by atoms with van der Waals surface area (Å²) >= 11 is 0. The Kier molecular flexibility index (Phi) is 3.63. The van der Waals surface area contributed by atoms with Crippen molar-refractivity contribution in [2.45, 2.75) is 6.54 Å². The standard InChI is InChI=1S/C15H13N/c1-3-7-14(8-4-1)11-12-16-13-15-9-5-2-6-10-15/h1-10,16H,13H2. The van der Waals surface area contributed by atoms with Gasteiger partial charge in [-0.1, -0.05) is 48.5 Å². The van der Waals surface area contributed by atoms with Crippen LogP contribution in [0.3, 0.4) is 0 Å². The molecule has 1 heteroatoms. The number of rotatable bonds is 2. The van der Waals surface area contributed by atoms with Gasteiger partial charge in [0.15, 0.2) is 0 Å². The van der Waals surface area contributed by atoms with Gasteiger partial charge in [-0.15, -0.1) is 0 Å². The summed E-state index contributed by atoms with van der Waals surface area (Å²) in [6, 6.07) is 23.1. The molecule has 2 aromatic rings. The monoisotopic (exact) mass is 207 g/mol. The molecule has 0 spiro atoms. The van der Waals surface area contributed by atoms with Crippen LogP contribution in [-0.2, 0) is 6.54 Å². The van der Waals surface area contributed by atoms with Crippen LogP contribution in [0.5, 0.6) is 0 Å². The lowest BCUT2D eigenvalue weighted by atomic mass is 10.2. The third-order valence-corrected chi connectivity index (χ3v) is 2.20. The van der Waals surface area contributed by atoms with Gasteiger partial charge in [-0.3, -0.25) is 0 Å². The van der Waals surface area contributed by atoms with Gasteiger partial charge in [0.1, 0.15) is 0 Å². The average molecular weight is 207 g/mol. The molecular weight excluding hydrogens is 194 g/mol. The Morgan fingerprint density at radius 2 is 1.44 bits per heavy atom. The number of hydrogen-bond acceptors (Lipinski definition) is 1. The molecule has 0 atom stereocenters. The zero-order valence-corrected chi connectivity index (χ0v) is 8.98. The second kappa shape index (κ2) is 5.63. The molecule has 1 N–H and O–H groups in total. The van der Waals surface area contributed by atoms with E-state index in [0.29, 0.717) is 0 Å². The summed E-state index contributed by atoms with van der Waals surface area (Å²) in [6.07, 6.45) is 0. The van der Waals surface area contributed by atoms with E-state index in [1.54, 1.807) is 0 Å². The molecule has 0 bridgehead atoms. The van der Waals surface area contributed by atoms with Gasteiger partial charge in [0, 0.05) is 18.2 Å². The van der Waals surface area contributed by atoms with Crippen molar-refractivity contribution in [3.8, 4) is 12.0 Å². The van der Waals surface area contributed by atoms with Gasteiger partial charge in [0.05, 0.1) is 0 Å². The molecule has 78 valence electrons. The van der Waals surface area contributed by atoms with Crippen LogP contribution in [-0.4, -0.2) is 0 Å². The van der Waals surface area contributed by atoms with E-state index in [0.717, 1.165) is 12.1 Å². The van der Waals surface area contributed by atoms with Crippen molar-refractivity contribution in [2.24, 2.45) is 0 Å². The third-order valence-electron chi connectivity index (χ3n) is 2.20. The van der Waals surface area contributed by atoms with Crippen molar-refractivity contribution in [3.05, 3.63) is 71.8 Å². The summed E-state index contributed by atoms with van der Waals surface area (Å²) < 4.78 is 0. The van der Waals surface area contributed by atoms with Crippen LogP contribution in [0.25, 0.3) is 0 Å². The molecule has 2 aromatic carbocycles. The highest BCUT2D eigenvalue weighted by Crippen LogP contribution is 1.97. The average Bonchev–Trinajstić information content (AvgIpc) is 2.37. The molecule has 0 heterocycles. The van der Waals surface area contributed by atoms with Gasteiger partial charge in [-0.05, 0) is 23.6 Å². The topological polar surface area (TPSA) is 12.0 Å². The van der Waals surface area contributed by atoms with E-state index in [1.165, 1.54) is 5.56 Å². The maximum atomic E-state index is 3.09. The fourth-order valence-corrected chi connectivity index (χ4v) is 1.38. The molecule has 0 aliphatic heterocycles. The lowest BCUT2D eigenvalue weighted by Gasteiger charge is -1.97. The van der Waals surface area contributed by atoms with E-state index in [4.69, 9.17) is 0 Å². The minimum absolute atomic E-state index is 0.778. The highest BCUT2D eigenvalue weighted by atomic mass is 14.8. The Bertz CT molecular complexity index is 477. The van der Waals surface area contributed by atoms with Crippen molar-refractivity contribution in [1.82, 2.24) is 5.32 Å². The molecule has 0 aromatic heterocycles. The summed E-state index contributed by atoms with van der Waals surface area (Å²) in [6.45, 7) is 0.778. The highest BCUT2D eigenvalue weighted by molar-refractivity contribution is 5.33. The summed E-state index contributed by atoms with van der Waals surface area (Å²) in [5, 5.41) is 3.09. The van der Waals surface area contributed by atoms with E-state index < -0.39 is 0 Å². The van der Waals surface area contributed by atoms with Crippen LogP contribution in [0.1, 0.15) is 11.1 Å². The van der Waals surface area contributed by atoms with Crippen LogP contribution in [0, 0.1) is 12.0 Å². The van der Waals surface area contributed by atoms with Crippen molar-refractivity contribution in [2.75, 3.05) is 0 Å². The number of benzene rings is 2. The van der Waals surface area contributed by atoms with Gasteiger partial charge in [-0.2, -0.15) is 0 Å². The molecule has 16 heavy (non-hydrogen) atoms. The molecular formula is C15H13N. The molecule has 0 aliphatic rings. The summed E-state index contributed by atoms with van der Waals surface area (Å²) in [5.74, 6) is 3.05. The van der Waals surface area contributed by atoms with Crippen molar-refractivity contribution >= 4 is 0 Å². The molecule has 0 unspecified atom stereocenters. The third kappa shape index (κ3) is 3.18. The predicted octanol–water partition coefficient (Wildman–Crippen LogP) is 2.79. The lowest BCUT2D eigenvalue weighted by Crippen LogP contribution is -2.04. The summed E-state index contributed by atoms with van der Waals surface area (Å²) in [5.41, 5.74) is 2.27. The zero-order valence-electron chi connectivity index (χ0n) is 8.98. The van der Waals surface area contributed by atoms with E-state index in [1.807, 2.05) is 48.5 Å². The normalized spacial score (nSPS) is 9.00. The zero-order chi connectivity index (χ0) is 11.1. The van der Waals surface area contributed by atoms with Gasteiger partial charge in [0.25, 0.3) is 0 Å². The smallest absolute Gasteiger partial charge is 0.0480 e. The first-order valence-corrected chi connectivity index (χ1v) is 5.28. The van der Waals surface area contributed by atoms with Gasteiger partial charge < -0.3 is 5.32 Å². The quantitative estimate of drug-likeness (QED) is 0.590. The Morgan fingerprint density at radius 1 is 0.812 bits per heavy atom. The number of hydrogen-bond donors (Lipinski definition) is 1. The largest absolute Gasteiger partial charge is 0.341 e. The van der Waals surface area contributed by atoms with Gasteiger partial charge >= 0.3 is 0 Å². The maximum Gasteiger partial charge on any atom is 0.0480 e. The van der Waals surface area contributed by atoms with Crippen molar-refractivity contribution in [3.63, 3.8) is 0 Å². The predicted molar refractivity (Wildman–Crippen MR) is 66.6 cm³/mol. The summed E-state index contributed by atoms with van der Waals surface area (Å²) in [7, 11) is 0. The van der Waals surface area contributed by atoms with Crippen molar-refractivity contribution in [1.29, 1.82) is 0 Å². The first-order chi connectivity index (χ1) is 7.95. The molecule has 0 amide bonds. The molecule has 0 fully saturated rings. The fourth-order valence-electron chi connectivity index (χ4n) is 1.38. The van der Waals surface area contributed by atoms with E-state index >= 15 is 0 Å². The van der Waals surface area contributed by atoms with Crippen LogP contribution in [0.2, 0.25) is 0 Å². The minimum Gasteiger partial charge on any atom is -0.341 e. The van der Waals surface area contributed by atoms with Gasteiger partial charge in [0.2, 0.25) is 0 Å². The molecule has 1 nitrogen and oxygen atoms in total. The highest BCUT2D eigenvalue weighted by Gasteiger charge is 1.86. The van der Waals surface area contributed by atoms with Crippen LogP contribution >= 0.6 is 0 Å². The van der Waals surface area contributed by atoms with Crippen LogP contribution in [0.15, 0.2) is 60.7 Å². The lowest BCUT2D eigenvalue weighted by molar-refractivity contribution is 0.900. The Balaban J connectivity index is 1.87. The van der Waals surface area contributed by atoms with Crippen LogP contribution < -0.4 is 5.32 Å². The second-order valence-corrected chi connectivity index (χ2v) is 3.46. The second-order valence-electron chi connectivity index (χ2n) is 3.46. The molecule has 2 rings (SSSR count). The van der Waals surface area contributed by atoms with Gasteiger partial charge in [-0.25, -0.2) is 0 Å². The van der Waals surface area contributed by atoms with E-state index in [2.05, 4.69) is 29.4 Å². The first kappa shape index (κ1) is 10.3. The number of nitrogens with one attached hydrogen (secondary N) is 1. The Labute approximate surface area is 96.1 Å². The molecule has 0 aliphatic carbocycles. The minimum atomic E-state index is 0.778. The SMILES string of the molecule is C(#Cc1ccccc1)NCc1ccccc1. The Morgan fingerprint density at radius 3 is 2.12 bits per heavy atom. The van der Waals surface area contributed by atoms with Crippen LogP contribution in [0.4, 0.5) is 0 Å². The van der Waals surface area contributed by atoms with E-state index in [9.17, 15) is 0 Å². The molecule has 0 radical (unpaired) electrons. The first-order valence-electron chi connectivity index (χ1n) is 5.28. The van der Waals surface area contributed by atoms with E-state index in [-0.39, 0.29) is 0 Å². The Hall–Kier alpha value is -2.20. The summed E-state index contributed by atoms with van der Waals surface area (Å²) in [4.78, 5) is 0. The van der Waals surface area contributed by atoms with Crippen molar-refractivity contribution < 1.29 is 0 Å². The molecule has 0 saturated heterocycles. The molecule has 0 saturated carbocycles.